The van der Waals surface area contributed by atoms with E-state index in [0.717, 1.165) is 77.0 Å². The summed E-state index contributed by atoms with van der Waals surface area (Å²) in [4.78, 5) is 17.2. The molecule has 1 rings (SSSR count). The number of hydrogen-bond acceptors (Lipinski definition) is 3. The standard InChI is InChI=1S/C46H84N2O2/c1-6-10-36-44-38-31-27-23-19-15-13-17-21-25-29-33-40-45(50-46(49)47(5)41-34-42-48(8-3)9-4)39-32-28-24-20-16-12-11-14-18-22-26-30-37-43(44)35-7-2/h14,18-19,23,26,30-31,38,43-45H,6-13,15-17,20-22,24-25,27-29,32-37,39-42H2,1-5H3. The molecule has 4 nitrogen and oxygen atoms in total. The molecule has 0 N–H and O–H groups in total. The minimum Gasteiger partial charge on any atom is -0.446 e. The first kappa shape index (κ1) is 46.2. The van der Waals surface area contributed by atoms with Gasteiger partial charge in [-0.15, -0.1) is 0 Å². The van der Waals surface area contributed by atoms with Crippen LogP contribution < -0.4 is 0 Å². The molecule has 1 aliphatic carbocycles. The molecule has 0 aromatic heterocycles. The average molecular weight is 697 g/mol. The van der Waals surface area contributed by atoms with E-state index in [4.69, 9.17) is 4.74 Å². The summed E-state index contributed by atoms with van der Waals surface area (Å²) in [6.07, 6.45) is 49.9. The Morgan fingerprint density at radius 1 is 0.620 bits per heavy atom. The summed E-state index contributed by atoms with van der Waals surface area (Å²) in [5.41, 5.74) is 0. The lowest BCUT2D eigenvalue weighted by Gasteiger charge is -2.24. The fraction of sp³-hybridized carbons (Fsp3) is 0.804. The third-order valence-corrected chi connectivity index (χ3v) is 10.8. The number of ether oxygens (including phenoxy) is 1. The predicted molar refractivity (Wildman–Crippen MR) is 221 cm³/mol. The number of rotatable bonds is 12. The van der Waals surface area contributed by atoms with Gasteiger partial charge in [-0.05, 0) is 121 Å². The summed E-state index contributed by atoms with van der Waals surface area (Å²) in [5.74, 6) is 1.48. The SMILES string of the molecule is CCCCC1C=CCC=CCCCCCCCCC(OC(=O)N(C)CCCN(CC)CC)CCCCCCCCC=CCC=CCC1CCC. The van der Waals surface area contributed by atoms with Crippen LogP contribution in [0, 0.1) is 11.8 Å². The van der Waals surface area contributed by atoms with Crippen molar-refractivity contribution in [2.45, 2.75) is 194 Å². The van der Waals surface area contributed by atoms with Crippen LogP contribution in [0.2, 0.25) is 0 Å². The molecular weight excluding hydrogens is 613 g/mol. The van der Waals surface area contributed by atoms with Crippen LogP contribution in [0.4, 0.5) is 4.79 Å². The third-order valence-electron chi connectivity index (χ3n) is 10.8. The summed E-state index contributed by atoms with van der Waals surface area (Å²) >= 11 is 0. The summed E-state index contributed by atoms with van der Waals surface area (Å²) in [6, 6.07) is 0. The van der Waals surface area contributed by atoms with Gasteiger partial charge in [0.05, 0.1) is 0 Å². The number of amides is 1. The van der Waals surface area contributed by atoms with E-state index < -0.39 is 0 Å². The fourth-order valence-electron chi connectivity index (χ4n) is 7.35. The topological polar surface area (TPSA) is 32.8 Å². The van der Waals surface area contributed by atoms with Crippen molar-refractivity contribution in [1.29, 1.82) is 0 Å². The molecule has 4 heteroatoms. The van der Waals surface area contributed by atoms with Crippen molar-refractivity contribution in [1.82, 2.24) is 9.80 Å². The third kappa shape index (κ3) is 26.0. The average Bonchev–Trinajstić information content (AvgIpc) is 3.12. The van der Waals surface area contributed by atoms with E-state index in [0.29, 0.717) is 5.92 Å². The van der Waals surface area contributed by atoms with Gasteiger partial charge in [0.25, 0.3) is 0 Å². The van der Waals surface area contributed by atoms with Crippen molar-refractivity contribution in [2.75, 3.05) is 33.2 Å². The van der Waals surface area contributed by atoms with Crippen LogP contribution in [0.15, 0.2) is 48.6 Å². The summed E-state index contributed by atoms with van der Waals surface area (Å²) in [6.45, 7) is 13.0. The summed E-state index contributed by atoms with van der Waals surface area (Å²) in [5, 5.41) is 0. The van der Waals surface area contributed by atoms with E-state index in [1.165, 1.54) is 116 Å². The van der Waals surface area contributed by atoms with Gasteiger partial charge in [0.15, 0.2) is 0 Å². The van der Waals surface area contributed by atoms with Crippen molar-refractivity contribution in [3.63, 3.8) is 0 Å². The van der Waals surface area contributed by atoms with Gasteiger partial charge in [0.2, 0.25) is 0 Å². The first-order valence-electron chi connectivity index (χ1n) is 21.8. The van der Waals surface area contributed by atoms with Gasteiger partial charge in [-0.25, -0.2) is 4.79 Å². The van der Waals surface area contributed by atoms with Crippen LogP contribution in [0.3, 0.4) is 0 Å². The van der Waals surface area contributed by atoms with Crippen molar-refractivity contribution >= 4 is 6.09 Å². The molecule has 0 bridgehead atoms. The largest absolute Gasteiger partial charge is 0.446 e. The van der Waals surface area contributed by atoms with E-state index in [2.05, 4.69) is 81.2 Å². The second-order valence-corrected chi connectivity index (χ2v) is 15.1. The van der Waals surface area contributed by atoms with Gasteiger partial charge in [-0.3, -0.25) is 0 Å². The van der Waals surface area contributed by atoms with Crippen molar-refractivity contribution in [3.05, 3.63) is 48.6 Å². The monoisotopic (exact) mass is 697 g/mol. The zero-order valence-electron chi connectivity index (χ0n) is 34.1. The molecule has 1 amide bonds. The Kier molecular flexibility index (Phi) is 31.7. The van der Waals surface area contributed by atoms with Gasteiger partial charge in [-0.1, -0.05) is 147 Å². The molecule has 0 aromatic carbocycles. The lowest BCUT2D eigenvalue weighted by molar-refractivity contribution is 0.0575. The Labute approximate surface area is 312 Å². The lowest BCUT2D eigenvalue weighted by atomic mass is 9.82. The molecule has 0 fully saturated rings. The molecule has 3 atom stereocenters. The van der Waals surface area contributed by atoms with Crippen LogP contribution in [-0.4, -0.2) is 55.2 Å². The Morgan fingerprint density at radius 2 is 1.18 bits per heavy atom. The highest BCUT2D eigenvalue weighted by Crippen LogP contribution is 2.28. The van der Waals surface area contributed by atoms with Crippen molar-refractivity contribution in [3.8, 4) is 0 Å². The molecule has 0 heterocycles. The van der Waals surface area contributed by atoms with E-state index in [-0.39, 0.29) is 12.2 Å². The van der Waals surface area contributed by atoms with E-state index >= 15 is 0 Å². The Bertz CT molecular complexity index is 873. The minimum atomic E-state index is -0.129. The molecule has 3 unspecified atom stereocenters. The summed E-state index contributed by atoms with van der Waals surface area (Å²) < 4.78 is 6.12. The maximum Gasteiger partial charge on any atom is 0.409 e. The van der Waals surface area contributed by atoms with E-state index in [1.807, 2.05) is 7.05 Å². The maximum atomic E-state index is 13.0. The van der Waals surface area contributed by atoms with Gasteiger partial charge >= 0.3 is 6.09 Å². The quantitative estimate of drug-likeness (QED) is 0.190. The van der Waals surface area contributed by atoms with Gasteiger partial charge in [0.1, 0.15) is 6.10 Å². The summed E-state index contributed by atoms with van der Waals surface area (Å²) in [7, 11) is 1.91. The smallest absolute Gasteiger partial charge is 0.409 e. The molecule has 0 aromatic rings. The number of hydrogen-bond donors (Lipinski definition) is 0. The van der Waals surface area contributed by atoms with Gasteiger partial charge in [0, 0.05) is 13.6 Å². The van der Waals surface area contributed by atoms with Crippen LogP contribution in [0.5, 0.6) is 0 Å². The Balaban J connectivity index is 2.66. The molecule has 1 aliphatic rings. The van der Waals surface area contributed by atoms with Gasteiger partial charge < -0.3 is 14.5 Å². The van der Waals surface area contributed by atoms with Crippen LogP contribution >= 0.6 is 0 Å². The van der Waals surface area contributed by atoms with Gasteiger partial charge in [-0.2, -0.15) is 0 Å². The first-order chi connectivity index (χ1) is 24.5. The molecule has 50 heavy (non-hydrogen) atoms. The zero-order chi connectivity index (χ0) is 36.3. The molecule has 0 spiro atoms. The maximum absolute atomic E-state index is 13.0. The highest BCUT2D eigenvalue weighted by Gasteiger charge is 2.18. The Hall–Kier alpha value is -1.81. The molecule has 0 aliphatic heterocycles. The van der Waals surface area contributed by atoms with E-state index in [1.54, 1.807) is 4.90 Å². The van der Waals surface area contributed by atoms with Crippen molar-refractivity contribution in [2.24, 2.45) is 11.8 Å². The number of unbranched alkanes of at least 4 members (excludes halogenated alkanes) is 1. The number of carbonyl (C=O) groups is 1. The van der Waals surface area contributed by atoms with Crippen LogP contribution in [0.25, 0.3) is 0 Å². The molecule has 290 valence electrons. The predicted octanol–water partition coefficient (Wildman–Crippen LogP) is 14.0. The first-order valence-corrected chi connectivity index (χ1v) is 21.8. The molecule has 0 radical (unpaired) electrons. The second kappa shape index (κ2) is 34.3. The number of carbonyl (C=O) groups excluding carboxylic acids is 1. The fourth-order valence-corrected chi connectivity index (χ4v) is 7.35. The lowest BCUT2D eigenvalue weighted by Crippen LogP contribution is -2.34. The normalized spacial score (nSPS) is 22.3. The van der Waals surface area contributed by atoms with Crippen molar-refractivity contribution < 1.29 is 9.53 Å². The number of allylic oxidation sites excluding steroid dienone is 8. The molecular formula is C46H84N2O2. The highest BCUT2D eigenvalue weighted by molar-refractivity contribution is 5.67. The second-order valence-electron chi connectivity index (χ2n) is 15.1. The molecule has 0 saturated carbocycles. The Morgan fingerprint density at radius 3 is 1.76 bits per heavy atom. The highest BCUT2D eigenvalue weighted by atomic mass is 16.6. The van der Waals surface area contributed by atoms with Crippen LogP contribution in [-0.2, 0) is 4.74 Å². The zero-order valence-corrected chi connectivity index (χ0v) is 34.1. The number of nitrogens with zero attached hydrogens (tertiary/aromatic N) is 2. The van der Waals surface area contributed by atoms with Crippen LogP contribution in [0.1, 0.15) is 188 Å². The molecule has 0 saturated heterocycles. The van der Waals surface area contributed by atoms with E-state index in [9.17, 15) is 4.79 Å². The minimum absolute atomic E-state index is 0.0610.